The Morgan fingerprint density at radius 1 is 1.57 bits per heavy atom. The van der Waals surface area contributed by atoms with Crippen molar-refractivity contribution >= 4 is 11.8 Å². The predicted molar refractivity (Wildman–Crippen MR) is 59.3 cm³/mol. The number of nitrogens with one attached hydrogen (secondary N) is 1. The smallest absolute Gasteiger partial charge is 0.0734 e. The Bertz CT molecular complexity index is 353. The third-order valence-corrected chi connectivity index (χ3v) is 2.08. The van der Waals surface area contributed by atoms with Gasteiger partial charge in [-0.05, 0) is 23.6 Å². The molecule has 0 saturated heterocycles. The van der Waals surface area contributed by atoms with Crippen LogP contribution in [-0.4, -0.2) is 11.2 Å². The van der Waals surface area contributed by atoms with Gasteiger partial charge in [-0.3, -0.25) is 4.98 Å². The van der Waals surface area contributed by atoms with Crippen molar-refractivity contribution < 1.29 is 0 Å². The van der Waals surface area contributed by atoms with Crippen LogP contribution in [0.3, 0.4) is 0 Å². The first-order chi connectivity index (χ1) is 6.69. The summed E-state index contributed by atoms with van der Waals surface area (Å²) in [6, 6.07) is 3.95. The molecule has 1 heterocycles. The quantitative estimate of drug-likeness (QED) is 0.716. The third kappa shape index (κ3) is 2.19. The molecule has 1 aromatic rings. The minimum absolute atomic E-state index is 0.460. The number of nitrogens with zero attached hydrogens (tertiary/aromatic N) is 1. The second-order valence-corrected chi connectivity index (χ2v) is 3.40. The molecule has 0 aliphatic rings. The first-order valence-electron chi connectivity index (χ1n) is 4.57. The van der Waals surface area contributed by atoms with Crippen LogP contribution in [0.25, 0.3) is 5.57 Å². The summed E-state index contributed by atoms with van der Waals surface area (Å²) in [5.41, 5.74) is 8.00. The number of hydrogen-bond donors (Lipinski definition) is 2. The molecule has 3 heteroatoms. The lowest BCUT2D eigenvalue weighted by Gasteiger charge is -2.06. The zero-order chi connectivity index (χ0) is 10.6. The average molecular weight is 189 g/mol. The van der Waals surface area contributed by atoms with Crippen molar-refractivity contribution in [2.75, 3.05) is 0 Å². The molecule has 3 N–H and O–H groups in total. The normalized spacial score (nSPS) is 11.8. The Hall–Kier alpha value is -1.64. The molecule has 0 bridgehead atoms. The molecule has 0 radical (unpaired) electrons. The van der Waals surface area contributed by atoms with E-state index in [-0.39, 0.29) is 0 Å². The van der Waals surface area contributed by atoms with Crippen molar-refractivity contribution in [2.24, 2.45) is 5.73 Å². The summed E-state index contributed by atoms with van der Waals surface area (Å²) in [5.74, 6) is 0.460. The fourth-order valence-corrected chi connectivity index (χ4v) is 1.17. The summed E-state index contributed by atoms with van der Waals surface area (Å²) in [6.45, 7) is 4.24. The number of pyridine rings is 1. The number of rotatable bonds is 3. The van der Waals surface area contributed by atoms with Gasteiger partial charge in [0.1, 0.15) is 0 Å². The fourth-order valence-electron chi connectivity index (χ4n) is 1.17. The predicted octanol–water partition coefficient (Wildman–Crippen LogP) is 2.15. The fraction of sp³-hybridized carbons (Fsp3) is 0.273. The molecule has 0 fully saturated rings. The second kappa shape index (κ2) is 4.56. The lowest BCUT2D eigenvalue weighted by Crippen LogP contribution is -1.96. The van der Waals surface area contributed by atoms with E-state index >= 15 is 0 Å². The molecule has 1 rings (SSSR count). The highest BCUT2D eigenvalue weighted by molar-refractivity contribution is 6.07. The molecule has 0 aromatic carbocycles. The average Bonchev–Trinajstić information content (AvgIpc) is 2.20. The highest BCUT2D eigenvalue weighted by atomic mass is 14.7. The first-order valence-corrected chi connectivity index (χ1v) is 4.57. The molecule has 0 saturated carbocycles. The van der Waals surface area contributed by atoms with Crippen molar-refractivity contribution in [1.29, 1.82) is 5.41 Å². The van der Waals surface area contributed by atoms with Crippen LogP contribution in [0.15, 0.2) is 24.5 Å². The maximum absolute atomic E-state index is 7.16. The van der Waals surface area contributed by atoms with Gasteiger partial charge in [-0.1, -0.05) is 13.8 Å². The lowest BCUT2D eigenvalue weighted by atomic mass is 10.0. The summed E-state index contributed by atoms with van der Waals surface area (Å²) < 4.78 is 0. The molecule has 0 amide bonds. The van der Waals surface area contributed by atoms with E-state index in [1.165, 1.54) is 18.0 Å². The van der Waals surface area contributed by atoms with Gasteiger partial charge in [0.05, 0.1) is 5.69 Å². The Morgan fingerprint density at radius 2 is 2.29 bits per heavy atom. The third-order valence-electron chi connectivity index (χ3n) is 2.08. The van der Waals surface area contributed by atoms with E-state index in [0.717, 1.165) is 5.69 Å². The molecule has 0 unspecified atom stereocenters. The van der Waals surface area contributed by atoms with Gasteiger partial charge < -0.3 is 11.1 Å². The monoisotopic (exact) mass is 189 g/mol. The van der Waals surface area contributed by atoms with Crippen LogP contribution < -0.4 is 5.73 Å². The zero-order valence-corrected chi connectivity index (χ0v) is 8.49. The van der Waals surface area contributed by atoms with Gasteiger partial charge >= 0.3 is 0 Å². The molecular weight excluding hydrogens is 174 g/mol. The Morgan fingerprint density at radius 3 is 2.79 bits per heavy atom. The van der Waals surface area contributed by atoms with Crippen LogP contribution in [0.4, 0.5) is 0 Å². The summed E-state index contributed by atoms with van der Waals surface area (Å²) >= 11 is 0. The van der Waals surface area contributed by atoms with Crippen molar-refractivity contribution in [2.45, 2.75) is 19.8 Å². The van der Waals surface area contributed by atoms with E-state index in [1.807, 2.05) is 12.1 Å². The minimum atomic E-state index is 0.460. The highest BCUT2D eigenvalue weighted by Gasteiger charge is 2.03. The summed E-state index contributed by atoms with van der Waals surface area (Å²) in [7, 11) is 0. The molecule has 0 spiro atoms. The molecule has 74 valence electrons. The van der Waals surface area contributed by atoms with Crippen LogP contribution >= 0.6 is 0 Å². The number of hydrogen-bond acceptors (Lipinski definition) is 3. The first kappa shape index (κ1) is 10.4. The maximum atomic E-state index is 7.16. The molecule has 1 aromatic heterocycles. The number of nitrogens with two attached hydrogens (primary N) is 1. The van der Waals surface area contributed by atoms with E-state index in [2.05, 4.69) is 18.8 Å². The van der Waals surface area contributed by atoms with Gasteiger partial charge in [-0.15, -0.1) is 0 Å². The molecule has 0 aliphatic heterocycles. The Kier molecular flexibility index (Phi) is 3.40. The maximum Gasteiger partial charge on any atom is 0.0734 e. The van der Waals surface area contributed by atoms with E-state index in [0.29, 0.717) is 11.5 Å². The van der Waals surface area contributed by atoms with E-state index in [9.17, 15) is 0 Å². The molecule has 0 aliphatic carbocycles. The molecule has 14 heavy (non-hydrogen) atoms. The lowest BCUT2D eigenvalue weighted by molar-refractivity contribution is 0.862. The van der Waals surface area contributed by atoms with E-state index in [1.54, 1.807) is 6.20 Å². The minimum Gasteiger partial charge on any atom is -0.404 e. The number of aromatic nitrogens is 1. The summed E-state index contributed by atoms with van der Waals surface area (Å²) in [5, 5.41) is 7.16. The van der Waals surface area contributed by atoms with Gasteiger partial charge in [-0.25, -0.2) is 0 Å². The van der Waals surface area contributed by atoms with E-state index < -0.39 is 0 Å². The highest BCUT2D eigenvalue weighted by Crippen LogP contribution is 2.17. The van der Waals surface area contributed by atoms with Crippen LogP contribution in [-0.2, 0) is 0 Å². The van der Waals surface area contributed by atoms with Gasteiger partial charge in [0.25, 0.3) is 0 Å². The van der Waals surface area contributed by atoms with Crippen molar-refractivity contribution in [3.8, 4) is 0 Å². The van der Waals surface area contributed by atoms with Crippen molar-refractivity contribution in [3.63, 3.8) is 0 Å². The largest absolute Gasteiger partial charge is 0.404 e. The summed E-state index contributed by atoms with van der Waals surface area (Å²) in [4.78, 5) is 4.16. The van der Waals surface area contributed by atoms with Crippen LogP contribution in [0.5, 0.6) is 0 Å². The van der Waals surface area contributed by atoms with Gasteiger partial charge in [0.15, 0.2) is 0 Å². The molecular formula is C11H15N3. The second-order valence-electron chi connectivity index (χ2n) is 3.40. The van der Waals surface area contributed by atoms with Crippen molar-refractivity contribution in [1.82, 2.24) is 4.98 Å². The van der Waals surface area contributed by atoms with Gasteiger partial charge in [0, 0.05) is 24.2 Å². The van der Waals surface area contributed by atoms with Crippen LogP contribution in [0.1, 0.15) is 31.0 Å². The van der Waals surface area contributed by atoms with E-state index in [4.69, 9.17) is 11.1 Å². The topological polar surface area (TPSA) is 62.8 Å². The summed E-state index contributed by atoms with van der Waals surface area (Å²) in [6.07, 6.45) is 4.36. The standard InChI is InChI=1S/C11H15N3/c1-8(2)9-3-4-14-11(5-9)10(6-12)7-13/h3-8,12H,13H2,1-2H3/b10-7+,12-6?. The Balaban J connectivity index is 3.11. The van der Waals surface area contributed by atoms with Crippen LogP contribution in [0.2, 0.25) is 0 Å². The van der Waals surface area contributed by atoms with Gasteiger partial charge in [0.2, 0.25) is 0 Å². The molecule has 0 atom stereocenters. The van der Waals surface area contributed by atoms with Gasteiger partial charge in [-0.2, -0.15) is 0 Å². The van der Waals surface area contributed by atoms with Crippen LogP contribution in [0, 0.1) is 5.41 Å². The number of allylic oxidation sites excluding steroid dienone is 1. The molecule has 3 nitrogen and oxygen atoms in total. The Labute approximate surface area is 84.2 Å². The zero-order valence-electron chi connectivity index (χ0n) is 8.49. The SMILES string of the molecule is CC(C)c1ccnc(/C(C=N)=C/N)c1. The van der Waals surface area contributed by atoms with Crippen molar-refractivity contribution in [3.05, 3.63) is 35.8 Å².